The van der Waals surface area contributed by atoms with Crippen LogP contribution in [-0.2, 0) is 12.8 Å². The normalized spacial score (nSPS) is 23.6. The van der Waals surface area contributed by atoms with Gasteiger partial charge in [0.1, 0.15) is 23.1 Å². The van der Waals surface area contributed by atoms with Crippen LogP contribution in [-0.4, -0.2) is 61.1 Å². The van der Waals surface area contributed by atoms with Gasteiger partial charge in [-0.3, -0.25) is 9.69 Å². The lowest BCUT2D eigenvalue weighted by atomic mass is 9.89. The Kier molecular flexibility index (Phi) is 8.32. The number of rotatable bonds is 5. The zero-order valence-corrected chi connectivity index (χ0v) is 21.9. The fourth-order valence-corrected chi connectivity index (χ4v) is 5.77. The average molecular weight is 508 g/mol. The van der Waals surface area contributed by atoms with Gasteiger partial charge in [-0.05, 0) is 43.0 Å². The number of carbonyl (C=O) groups is 1. The first-order chi connectivity index (χ1) is 15.4. The van der Waals surface area contributed by atoms with E-state index in [9.17, 15) is 4.79 Å². The molecule has 3 aliphatic heterocycles. The van der Waals surface area contributed by atoms with Crippen LogP contribution in [0.3, 0.4) is 0 Å². The first-order valence-electron chi connectivity index (χ1n) is 11.7. The zero-order chi connectivity index (χ0) is 22.4. The first-order valence-corrected chi connectivity index (χ1v) is 11.7. The number of halogens is 2. The van der Waals surface area contributed by atoms with Crippen molar-refractivity contribution in [2.24, 2.45) is 17.8 Å². The summed E-state index contributed by atoms with van der Waals surface area (Å²) in [6.07, 6.45) is 1.58. The predicted octanol–water partition coefficient (Wildman–Crippen LogP) is 3.55. The van der Waals surface area contributed by atoms with Gasteiger partial charge in [0.2, 0.25) is 0 Å². The minimum atomic E-state index is -0.0601. The Morgan fingerprint density at radius 3 is 2.53 bits per heavy atom. The number of fused-ring (bicyclic) bond motifs is 2. The second-order valence-electron chi connectivity index (χ2n) is 9.88. The summed E-state index contributed by atoms with van der Waals surface area (Å²) < 4.78 is 5.35. The summed E-state index contributed by atoms with van der Waals surface area (Å²) in [7, 11) is 3.94. The molecule has 3 aliphatic rings. The number of methoxy groups -OCH3 is 1. The maximum atomic E-state index is 12.6. The van der Waals surface area contributed by atoms with Gasteiger partial charge in [0.15, 0.2) is 0 Å². The van der Waals surface area contributed by atoms with Crippen molar-refractivity contribution in [2.45, 2.75) is 32.7 Å². The Morgan fingerprint density at radius 1 is 1.12 bits per heavy atom. The number of benzene rings is 1. The summed E-state index contributed by atoms with van der Waals surface area (Å²) in [5.41, 5.74) is 2.95. The molecule has 7 nitrogen and oxygen atoms in total. The van der Waals surface area contributed by atoms with Crippen LogP contribution < -0.4 is 15.0 Å². The monoisotopic (exact) mass is 507 g/mol. The third-order valence-corrected chi connectivity index (χ3v) is 7.15. The number of carbonyl (C=O) groups excluding carboxylic acids is 1. The third kappa shape index (κ3) is 4.83. The second-order valence-corrected chi connectivity index (χ2v) is 9.88. The Bertz CT molecular complexity index is 1020. The van der Waals surface area contributed by atoms with E-state index in [1.54, 1.807) is 7.11 Å². The molecule has 9 heteroatoms. The van der Waals surface area contributed by atoms with E-state index in [0.717, 1.165) is 55.4 Å². The Hall–Kier alpha value is -2.09. The highest BCUT2D eigenvalue weighted by Crippen LogP contribution is 2.45. The molecule has 1 amide bonds. The lowest BCUT2D eigenvalue weighted by molar-refractivity contribution is 0.0940. The van der Waals surface area contributed by atoms with Gasteiger partial charge in [-0.2, -0.15) is 0 Å². The minimum Gasteiger partial charge on any atom is -0.497 e. The molecule has 1 aromatic carbocycles. The van der Waals surface area contributed by atoms with Crippen LogP contribution in [0.1, 0.15) is 47.3 Å². The van der Waals surface area contributed by atoms with E-state index in [0.29, 0.717) is 36.0 Å². The second kappa shape index (κ2) is 10.7. The van der Waals surface area contributed by atoms with E-state index < -0.39 is 0 Å². The molecule has 1 N–H and O–H groups in total. The van der Waals surface area contributed by atoms with Gasteiger partial charge in [-0.1, -0.05) is 26.0 Å². The van der Waals surface area contributed by atoms with Crippen molar-refractivity contribution in [1.82, 2.24) is 20.2 Å². The summed E-state index contributed by atoms with van der Waals surface area (Å²) in [5.74, 6) is 4.17. The molecule has 34 heavy (non-hydrogen) atoms. The van der Waals surface area contributed by atoms with Crippen molar-refractivity contribution in [3.8, 4) is 5.75 Å². The van der Waals surface area contributed by atoms with Gasteiger partial charge in [-0.25, -0.2) is 9.97 Å². The molecule has 0 radical (unpaired) electrons. The molecule has 186 valence electrons. The molecule has 2 saturated heterocycles. The highest BCUT2D eigenvalue weighted by atomic mass is 35.5. The summed E-state index contributed by atoms with van der Waals surface area (Å²) >= 11 is 0. The maximum Gasteiger partial charge on any atom is 0.270 e. The molecule has 0 bridgehead atoms. The van der Waals surface area contributed by atoms with Gasteiger partial charge in [0, 0.05) is 50.1 Å². The molecule has 5 rings (SSSR count). The summed E-state index contributed by atoms with van der Waals surface area (Å²) in [6.45, 7) is 8.00. The topological polar surface area (TPSA) is 70.6 Å². The van der Waals surface area contributed by atoms with Gasteiger partial charge < -0.3 is 15.0 Å². The van der Waals surface area contributed by atoms with Crippen LogP contribution in [0, 0.1) is 17.8 Å². The number of nitrogens with one attached hydrogen (secondary N) is 1. The van der Waals surface area contributed by atoms with Crippen molar-refractivity contribution in [1.29, 1.82) is 0 Å². The third-order valence-electron chi connectivity index (χ3n) is 7.15. The lowest BCUT2D eigenvalue weighted by Gasteiger charge is -2.29. The van der Waals surface area contributed by atoms with Crippen molar-refractivity contribution in [3.63, 3.8) is 0 Å². The van der Waals surface area contributed by atoms with Crippen LogP contribution in [0.25, 0.3) is 0 Å². The van der Waals surface area contributed by atoms with E-state index in [2.05, 4.69) is 65.3 Å². The van der Waals surface area contributed by atoms with Crippen LogP contribution in [0.4, 0.5) is 5.82 Å². The number of nitrogens with zero attached hydrogens (tertiary/aromatic N) is 4. The number of hydrogen-bond acceptors (Lipinski definition) is 6. The highest BCUT2D eigenvalue weighted by molar-refractivity contribution is 5.96. The molecule has 1 aromatic heterocycles. The fraction of sp³-hybridized carbons (Fsp3) is 0.560. The number of hydrogen-bond donors (Lipinski definition) is 1. The number of ether oxygens (including phenoxy) is 1. The molecule has 0 spiro atoms. The van der Waals surface area contributed by atoms with Crippen molar-refractivity contribution in [2.75, 3.05) is 45.2 Å². The molecule has 0 unspecified atom stereocenters. The Morgan fingerprint density at radius 2 is 1.85 bits per heavy atom. The number of anilines is 1. The van der Waals surface area contributed by atoms with Crippen molar-refractivity contribution >= 4 is 36.5 Å². The van der Waals surface area contributed by atoms with Crippen LogP contribution >= 0.6 is 24.8 Å². The molecule has 2 fully saturated rings. The fourth-order valence-electron chi connectivity index (χ4n) is 5.77. The smallest absolute Gasteiger partial charge is 0.270 e. The molecular formula is C25H35Cl2N5O2. The number of aromatic nitrogens is 2. The summed E-state index contributed by atoms with van der Waals surface area (Å²) in [4.78, 5) is 27.2. The van der Waals surface area contributed by atoms with E-state index in [1.807, 2.05) is 0 Å². The first kappa shape index (κ1) is 26.5. The van der Waals surface area contributed by atoms with E-state index in [1.165, 1.54) is 5.56 Å². The number of likely N-dealkylation sites (tertiary alicyclic amines) is 1. The Labute approximate surface area is 214 Å². The molecular weight excluding hydrogens is 473 g/mol. The van der Waals surface area contributed by atoms with Crippen LogP contribution in [0.15, 0.2) is 24.3 Å². The van der Waals surface area contributed by atoms with E-state index >= 15 is 0 Å². The summed E-state index contributed by atoms with van der Waals surface area (Å²) in [6, 6.07) is 8.89. The van der Waals surface area contributed by atoms with Crippen LogP contribution in [0.2, 0.25) is 0 Å². The minimum absolute atomic E-state index is 0. The molecule has 0 aliphatic carbocycles. The van der Waals surface area contributed by atoms with Gasteiger partial charge >= 0.3 is 0 Å². The van der Waals surface area contributed by atoms with Crippen LogP contribution in [0.5, 0.6) is 5.75 Å². The molecule has 2 aromatic rings. The standard InChI is InChI=1S/C25H33N5O2.2ClH/c1-15(2)11-21-27-22-19(9-10-26-25(22)31)24(28-21)30-13-17-12-29(3)23(20(17)14-30)16-5-7-18(32-4)8-6-16;;/h5-8,15,17,20,23H,9-14H2,1-4H3,(H,26,31);2*1H/t17-,20+,23+;;/m0../s1. The average Bonchev–Trinajstić information content (AvgIpc) is 3.30. The largest absolute Gasteiger partial charge is 0.497 e. The molecule has 4 heterocycles. The van der Waals surface area contributed by atoms with Crippen molar-refractivity contribution in [3.05, 3.63) is 46.9 Å². The Balaban J connectivity index is 0.00000162. The number of amides is 1. The quantitative estimate of drug-likeness (QED) is 0.667. The lowest BCUT2D eigenvalue weighted by Crippen LogP contribution is -2.36. The van der Waals surface area contributed by atoms with E-state index in [4.69, 9.17) is 9.72 Å². The summed E-state index contributed by atoms with van der Waals surface area (Å²) in [5, 5.41) is 2.96. The van der Waals surface area contributed by atoms with E-state index in [-0.39, 0.29) is 30.7 Å². The predicted molar refractivity (Wildman–Crippen MR) is 139 cm³/mol. The molecule has 3 atom stereocenters. The maximum absolute atomic E-state index is 12.6. The molecule has 0 saturated carbocycles. The van der Waals surface area contributed by atoms with Crippen molar-refractivity contribution < 1.29 is 9.53 Å². The van der Waals surface area contributed by atoms with Gasteiger partial charge in [0.25, 0.3) is 5.91 Å². The zero-order valence-electron chi connectivity index (χ0n) is 20.3. The van der Waals surface area contributed by atoms with Gasteiger partial charge in [0.05, 0.1) is 7.11 Å². The van der Waals surface area contributed by atoms with Gasteiger partial charge in [-0.15, -0.1) is 24.8 Å². The SMILES string of the molecule is COc1ccc([C@@H]2[C@@H]3CN(c4nc(CC(C)C)nc5c4CCNC5=O)C[C@@H]3CN2C)cc1.Cl.Cl. The highest BCUT2D eigenvalue weighted by Gasteiger charge is 2.47.